The van der Waals surface area contributed by atoms with Gasteiger partial charge in [0.1, 0.15) is 0 Å². The van der Waals surface area contributed by atoms with Gasteiger partial charge in [0.2, 0.25) is 0 Å². The maximum Gasteiger partial charge on any atom is 0.320 e. The lowest BCUT2D eigenvalue weighted by Crippen LogP contribution is -2.48. The number of hydrogen-bond donors (Lipinski definition) is 2. The van der Waals surface area contributed by atoms with Gasteiger partial charge in [0.25, 0.3) is 0 Å². The largest absolute Gasteiger partial charge is 0.464 e. The molecule has 0 bridgehead atoms. The monoisotopic (exact) mass is 639 g/mol. The summed E-state index contributed by atoms with van der Waals surface area (Å²) in [6, 6.07) is 0. The van der Waals surface area contributed by atoms with Crippen LogP contribution >= 0.6 is 0 Å². The molecule has 12 nitrogen and oxygen atoms in total. The molecule has 1 radical (unpaired) electrons. The zero-order chi connectivity index (χ0) is 34.4. The number of hydroxylamine groups is 4. The molecule has 3 rings (SSSR count). The molecule has 0 spiro atoms. The SMILES string of the molecule is CC1(C)CC(COC(=O)CN(CC(=O)OCC2CC(C)(C)N([O])C2(C)C)CC(=O)OCC2CC(C)(C)N(O)C2(C)C)C(C)(C)N1. The molecule has 3 unspecified atom stereocenters. The molecule has 0 amide bonds. The predicted molar refractivity (Wildman–Crippen MR) is 167 cm³/mol. The Morgan fingerprint density at radius 2 is 1.07 bits per heavy atom. The molecule has 12 heteroatoms. The summed E-state index contributed by atoms with van der Waals surface area (Å²) in [5, 5.41) is 29.3. The minimum Gasteiger partial charge on any atom is -0.464 e. The number of nitrogens with zero attached hydrogens (tertiary/aromatic N) is 3. The molecule has 3 atom stereocenters. The van der Waals surface area contributed by atoms with E-state index < -0.39 is 40.1 Å². The molecule has 259 valence electrons. The van der Waals surface area contributed by atoms with E-state index in [9.17, 15) is 24.8 Å². The van der Waals surface area contributed by atoms with Crippen LogP contribution in [0.2, 0.25) is 0 Å². The van der Waals surface area contributed by atoms with Crippen molar-refractivity contribution in [3.63, 3.8) is 0 Å². The van der Waals surface area contributed by atoms with Gasteiger partial charge in [-0.25, -0.2) is 0 Å². The van der Waals surface area contributed by atoms with Crippen LogP contribution in [-0.2, 0) is 33.8 Å². The van der Waals surface area contributed by atoms with Gasteiger partial charge >= 0.3 is 17.9 Å². The second kappa shape index (κ2) is 13.0. The van der Waals surface area contributed by atoms with E-state index in [4.69, 9.17) is 14.2 Å². The quantitative estimate of drug-likeness (QED) is 0.239. The summed E-state index contributed by atoms with van der Waals surface area (Å²) in [4.78, 5) is 40.4. The van der Waals surface area contributed by atoms with Crippen LogP contribution < -0.4 is 5.32 Å². The normalized spacial score (nSPS) is 29.5. The highest BCUT2D eigenvalue weighted by molar-refractivity contribution is 5.78. The molecule has 3 aliphatic heterocycles. The first-order valence-corrected chi connectivity index (χ1v) is 16.3. The van der Waals surface area contributed by atoms with Gasteiger partial charge in [-0.05, 0) is 102 Å². The molecule has 45 heavy (non-hydrogen) atoms. The van der Waals surface area contributed by atoms with E-state index in [0.29, 0.717) is 12.8 Å². The van der Waals surface area contributed by atoms with Gasteiger partial charge in [-0.2, -0.15) is 5.06 Å². The van der Waals surface area contributed by atoms with E-state index in [1.54, 1.807) is 0 Å². The number of esters is 3. The van der Waals surface area contributed by atoms with Crippen LogP contribution in [0.15, 0.2) is 0 Å². The Kier molecular flexibility index (Phi) is 10.9. The van der Waals surface area contributed by atoms with Crippen LogP contribution in [0.5, 0.6) is 0 Å². The molecular formula is C33H59N4O8. The third-order valence-corrected chi connectivity index (χ3v) is 10.5. The molecular weight excluding hydrogens is 580 g/mol. The van der Waals surface area contributed by atoms with Gasteiger partial charge in [0.15, 0.2) is 0 Å². The van der Waals surface area contributed by atoms with Crippen molar-refractivity contribution < 1.29 is 39.0 Å². The number of rotatable bonds is 12. The molecule has 0 saturated carbocycles. The Morgan fingerprint density at radius 1 is 0.667 bits per heavy atom. The average molecular weight is 640 g/mol. The molecule has 0 aliphatic carbocycles. The standard InChI is InChI=1S/C33H59N4O8/c1-28(2)13-22(31(7,8)34-28)19-43-25(38)16-35(17-26(39)44-20-23-14-29(3,4)36(41)32(23,9)10)18-27(40)45-21-24-15-30(5,6)37(42)33(24,11)12/h22-24,34,41H,13-21H2,1-12H3. The van der Waals surface area contributed by atoms with Gasteiger partial charge in [-0.3, -0.25) is 19.3 Å². The van der Waals surface area contributed by atoms with Crippen molar-refractivity contribution in [1.82, 2.24) is 20.3 Å². The molecule has 2 N–H and O–H groups in total. The first-order chi connectivity index (χ1) is 20.3. The minimum absolute atomic E-state index is 0.0560. The smallest absolute Gasteiger partial charge is 0.320 e. The molecule has 0 aromatic carbocycles. The van der Waals surface area contributed by atoms with Crippen molar-refractivity contribution in [1.29, 1.82) is 0 Å². The van der Waals surface area contributed by atoms with Crippen molar-refractivity contribution in [3.8, 4) is 0 Å². The van der Waals surface area contributed by atoms with E-state index in [1.165, 1.54) is 9.96 Å². The van der Waals surface area contributed by atoms with Crippen molar-refractivity contribution in [3.05, 3.63) is 0 Å². The maximum atomic E-state index is 13.0. The molecule has 3 aliphatic rings. The van der Waals surface area contributed by atoms with Gasteiger partial charge in [0.05, 0.1) is 45.0 Å². The lowest BCUT2D eigenvalue weighted by atomic mass is 9.88. The third kappa shape index (κ3) is 8.75. The van der Waals surface area contributed by atoms with E-state index >= 15 is 0 Å². The highest BCUT2D eigenvalue weighted by Crippen LogP contribution is 2.44. The van der Waals surface area contributed by atoms with Gasteiger partial charge < -0.3 is 24.7 Å². The lowest BCUT2D eigenvalue weighted by molar-refractivity contribution is -0.249. The Labute approximate surface area is 270 Å². The molecule has 3 heterocycles. The molecule has 3 fully saturated rings. The highest BCUT2D eigenvalue weighted by atomic mass is 16.5. The molecule has 0 aromatic rings. The van der Waals surface area contributed by atoms with E-state index in [1.807, 2.05) is 55.4 Å². The number of nitrogens with one attached hydrogen (secondary N) is 1. The second-order valence-electron chi connectivity index (χ2n) is 17.2. The fraction of sp³-hybridized carbons (Fsp3) is 0.909. The number of hydrogen-bond acceptors (Lipinski definition) is 11. The van der Waals surface area contributed by atoms with Gasteiger partial charge in [-0.15, -0.1) is 10.3 Å². The maximum absolute atomic E-state index is 13.0. The number of carbonyl (C=O) groups is 3. The van der Waals surface area contributed by atoms with Crippen LogP contribution in [0.1, 0.15) is 102 Å². The Morgan fingerprint density at radius 3 is 1.40 bits per heavy atom. The Bertz CT molecular complexity index is 1040. The van der Waals surface area contributed by atoms with Crippen LogP contribution in [0.25, 0.3) is 0 Å². The summed E-state index contributed by atoms with van der Waals surface area (Å²) in [5.41, 5.74) is -2.65. The van der Waals surface area contributed by atoms with Crippen LogP contribution in [-0.4, -0.2) is 111 Å². The fourth-order valence-corrected chi connectivity index (χ4v) is 7.90. The predicted octanol–water partition coefficient (Wildman–Crippen LogP) is 3.58. The second-order valence-corrected chi connectivity index (χ2v) is 17.2. The van der Waals surface area contributed by atoms with Crippen molar-refractivity contribution in [2.75, 3.05) is 39.5 Å². The van der Waals surface area contributed by atoms with E-state index in [0.717, 1.165) is 11.5 Å². The first-order valence-electron chi connectivity index (χ1n) is 16.3. The van der Waals surface area contributed by atoms with E-state index in [-0.39, 0.29) is 68.3 Å². The van der Waals surface area contributed by atoms with Crippen LogP contribution in [0.4, 0.5) is 0 Å². The summed E-state index contributed by atoms with van der Waals surface area (Å²) in [6.45, 7) is 22.9. The Hall–Kier alpha value is -1.83. The zero-order valence-corrected chi connectivity index (χ0v) is 29.7. The number of ether oxygens (including phenoxy) is 3. The van der Waals surface area contributed by atoms with Crippen LogP contribution in [0.3, 0.4) is 0 Å². The summed E-state index contributed by atoms with van der Waals surface area (Å²) in [5.74, 6) is -1.93. The van der Waals surface area contributed by atoms with Crippen LogP contribution in [0, 0.1) is 17.8 Å². The Balaban J connectivity index is 1.62. The lowest BCUT2D eigenvalue weighted by Gasteiger charge is -2.35. The summed E-state index contributed by atoms with van der Waals surface area (Å²) >= 11 is 0. The summed E-state index contributed by atoms with van der Waals surface area (Å²) < 4.78 is 16.9. The first kappa shape index (κ1) is 37.6. The molecule has 3 saturated heterocycles. The minimum atomic E-state index is -0.707. The van der Waals surface area contributed by atoms with Crippen molar-refractivity contribution in [2.24, 2.45) is 17.8 Å². The van der Waals surface area contributed by atoms with Gasteiger partial charge in [-0.1, -0.05) is 0 Å². The third-order valence-electron chi connectivity index (χ3n) is 10.5. The average Bonchev–Trinajstić information content (AvgIpc) is 3.27. The van der Waals surface area contributed by atoms with Crippen molar-refractivity contribution in [2.45, 2.75) is 136 Å². The fourth-order valence-electron chi connectivity index (χ4n) is 7.90. The summed E-state index contributed by atoms with van der Waals surface area (Å²) in [6.07, 6.45) is 2.04. The summed E-state index contributed by atoms with van der Waals surface area (Å²) in [7, 11) is 0. The van der Waals surface area contributed by atoms with E-state index in [2.05, 4.69) is 33.0 Å². The zero-order valence-electron chi connectivity index (χ0n) is 29.7. The highest BCUT2D eigenvalue weighted by Gasteiger charge is 2.53. The topological polar surface area (TPSA) is 141 Å². The van der Waals surface area contributed by atoms with Crippen molar-refractivity contribution >= 4 is 17.9 Å². The molecule has 0 aromatic heterocycles. The van der Waals surface area contributed by atoms with Gasteiger partial charge in [0, 0.05) is 45.4 Å². The number of carbonyl (C=O) groups excluding carboxylic acids is 3.